The molecule has 1 aliphatic rings. The molecule has 1 heterocycles. The molecular formula is C12H15N. The highest BCUT2D eigenvalue weighted by Gasteiger charge is 2.18. The van der Waals surface area contributed by atoms with E-state index < -0.39 is 0 Å². The Hall–Kier alpha value is -1.24. The molecule has 68 valence electrons. The summed E-state index contributed by atoms with van der Waals surface area (Å²) in [5, 5.41) is 0. The van der Waals surface area contributed by atoms with Gasteiger partial charge in [0, 0.05) is 18.3 Å². The van der Waals surface area contributed by atoms with Crippen molar-refractivity contribution < 1.29 is 0 Å². The number of hydrogen-bond donors (Lipinski definition) is 0. The van der Waals surface area contributed by atoms with E-state index in [0.717, 1.165) is 6.54 Å². The summed E-state index contributed by atoms with van der Waals surface area (Å²) in [6.45, 7) is 5.51. The van der Waals surface area contributed by atoms with E-state index in [4.69, 9.17) is 0 Å². The molecule has 0 N–H and O–H groups in total. The minimum atomic E-state index is 0.544. The maximum atomic E-state index is 2.41. The Kier molecular flexibility index (Phi) is 2.09. The first kappa shape index (κ1) is 8.36. The van der Waals surface area contributed by atoms with E-state index in [0.29, 0.717) is 6.04 Å². The van der Waals surface area contributed by atoms with Crippen molar-refractivity contribution in [1.82, 2.24) is 0 Å². The third kappa shape index (κ3) is 1.59. The van der Waals surface area contributed by atoms with Crippen LogP contribution in [0, 0.1) is 0 Å². The minimum absolute atomic E-state index is 0.544. The van der Waals surface area contributed by atoms with E-state index in [1.165, 1.54) is 11.3 Å². The number of hydrogen-bond acceptors (Lipinski definition) is 1. The van der Waals surface area contributed by atoms with Crippen LogP contribution in [0.4, 0.5) is 5.69 Å². The molecule has 0 aromatic heterocycles. The van der Waals surface area contributed by atoms with Crippen molar-refractivity contribution in [2.75, 3.05) is 11.4 Å². The van der Waals surface area contributed by atoms with Crippen LogP contribution in [0.3, 0.4) is 0 Å². The van der Waals surface area contributed by atoms with Gasteiger partial charge < -0.3 is 4.90 Å². The molecule has 0 fully saturated rings. The van der Waals surface area contributed by atoms with Gasteiger partial charge in [0.1, 0.15) is 0 Å². The van der Waals surface area contributed by atoms with Crippen LogP contribution in [0.1, 0.15) is 13.8 Å². The van der Waals surface area contributed by atoms with Crippen LogP contribution in [0.5, 0.6) is 0 Å². The van der Waals surface area contributed by atoms with Gasteiger partial charge in [0.05, 0.1) is 0 Å². The van der Waals surface area contributed by atoms with Gasteiger partial charge in [-0.3, -0.25) is 0 Å². The zero-order valence-electron chi connectivity index (χ0n) is 8.20. The molecule has 1 unspecified atom stereocenters. The Labute approximate surface area is 79.7 Å². The van der Waals surface area contributed by atoms with Crippen molar-refractivity contribution >= 4 is 5.69 Å². The average Bonchev–Trinajstić information content (AvgIpc) is 2.47. The van der Waals surface area contributed by atoms with E-state index >= 15 is 0 Å². The zero-order valence-corrected chi connectivity index (χ0v) is 8.20. The molecule has 0 bridgehead atoms. The van der Waals surface area contributed by atoms with Crippen molar-refractivity contribution in [3.05, 3.63) is 42.0 Å². The molecule has 0 aliphatic carbocycles. The highest BCUT2D eigenvalue weighted by atomic mass is 15.2. The molecule has 0 spiro atoms. The summed E-state index contributed by atoms with van der Waals surface area (Å²) < 4.78 is 0. The lowest BCUT2D eigenvalue weighted by Crippen LogP contribution is -2.27. The third-order valence-corrected chi connectivity index (χ3v) is 2.52. The second kappa shape index (κ2) is 3.25. The van der Waals surface area contributed by atoms with Gasteiger partial charge in [-0.2, -0.15) is 0 Å². The summed E-state index contributed by atoms with van der Waals surface area (Å²) in [5.41, 5.74) is 2.79. The Balaban J connectivity index is 2.21. The van der Waals surface area contributed by atoms with Crippen molar-refractivity contribution in [2.24, 2.45) is 0 Å². The molecule has 1 aromatic rings. The molecule has 1 nitrogen and oxygen atoms in total. The van der Waals surface area contributed by atoms with Crippen molar-refractivity contribution in [3.63, 3.8) is 0 Å². The van der Waals surface area contributed by atoms with Crippen LogP contribution < -0.4 is 4.90 Å². The molecular weight excluding hydrogens is 158 g/mol. The first-order valence-electron chi connectivity index (χ1n) is 4.76. The smallest absolute Gasteiger partial charge is 0.0451 e. The molecule has 1 aromatic carbocycles. The minimum Gasteiger partial charge on any atom is -0.361 e. The SMILES string of the molecule is CC1=CC(C)N(c2ccccc2)C1. The summed E-state index contributed by atoms with van der Waals surface area (Å²) in [7, 11) is 0. The molecule has 2 rings (SSSR count). The largest absolute Gasteiger partial charge is 0.361 e. The second-order valence-electron chi connectivity index (χ2n) is 3.72. The van der Waals surface area contributed by atoms with Gasteiger partial charge in [-0.1, -0.05) is 29.8 Å². The predicted octanol–water partition coefficient (Wildman–Crippen LogP) is 2.84. The summed E-state index contributed by atoms with van der Waals surface area (Å²) in [6, 6.07) is 11.1. The van der Waals surface area contributed by atoms with Gasteiger partial charge in [-0.25, -0.2) is 0 Å². The molecule has 0 amide bonds. The number of benzene rings is 1. The van der Waals surface area contributed by atoms with Crippen LogP contribution in [-0.4, -0.2) is 12.6 Å². The van der Waals surface area contributed by atoms with Crippen LogP contribution in [0.15, 0.2) is 42.0 Å². The number of nitrogens with zero attached hydrogens (tertiary/aromatic N) is 1. The summed E-state index contributed by atoms with van der Waals surface area (Å²) in [6.07, 6.45) is 2.33. The zero-order chi connectivity index (χ0) is 9.26. The lowest BCUT2D eigenvalue weighted by molar-refractivity contribution is 0.822. The lowest BCUT2D eigenvalue weighted by Gasteiger charge is -2.23. The van der Waals surface area contributed by atoms with Gasteiger partial charge in [0.15, 0.2) is 0 Å². The van der Waals surface area contributed by atoms with Gasteiger partial charge in [-0.05, 0) is 26.0 Å². The Bertz CT molecular complexity index is 313. The quantitative estimate of drug-likeness (QED) is 0.590. The van der Waals surface area contributed by atoms with Crippen molar-refractivity contribution in [1.29, 1.82) is 0 Å². The second-order valence-corrected chi connectivity index (χ2v) is 3.72. The molecule has 0 saturated carbocycles. The maximum Gasteiger partial charge on any atom is 0.0451 e. The molecule has 0 saturated heterocycles. The first-order valence-corrected chi connectivity index (χ1v) is 4.76. The van der Waals surface area contributed by atoms with Crippen LogP contribution in [-0.2, 0) is 0 Å². The average molecular weight is 173 g/mol. The third-order valence-electron chi connectivity index (χ3n) is 2.52. The van der Waals surface area contributed by atoms with Crippen LogP contribution >= 0.6 is 0 Å². The van der Waals surface area contributed by atoms with Crippen LogP contribution in [0.25, 0.3) is 0 Å². The molecule has 0 radical (unpaired) electrons. The highest BCUT2D eigenvalue weighted by molar-refractivity contribution is 5.51. The molecule has 1 atom stereocenters. The lowest BCUT2D eigenvalue weighted by atomic mass is 10.2. The van der Waals surface area contributed by atoms with Gasteiger partial charge in [0.25, 0.3) is 0 Å². The summed E-state index contributed by atoms with van der Waals surface area (Å²) >= 11 is 0. The number of rotatable bonds is 1. The topological polar surface area (TPSA) is 3.24 Å². The highest BCUT2D eigenvalue weighted by Crippen LogP contribution is 2.23. The standard InChI is InChI=1S/C12H15N/c1-10-8-11(2)13(9-10)12-6-4-3-5-7-12/h3-8,11H,9H2,1-2H3. The molecule has 1 heteroatoms. The van der Waals surface area contributed by atoms with E-state index in [9.17, 15) is 0 Å². The summed E-state index contributed by atoms with van der Waals surface area (Å²) in [5.74, 6) is 0. The van der Waals surface area contributed by atoms with Gasteiger partial charge in [0.2, 0.25) is 0 Å². The maximum absolute atomic E-state index is 2.41. The number of para-hydroxylation sites is 1. The predicted molar refractivity (Wildman–Crippen MR) is 57.0 cm³/mol. The van der Waals surface area contributed by atoms with Crippen molar-refractivity contribution in [3.8, 4) is 0 Å². The fourth-order valence-electron chi connectivity index (χ4n) is 1.91. The van der Waals surface area contributed by atoms with Gasteiger partial charge in [-0.15, -0.1) is 0 Å². The fourth-order valence-corrected chi connectivity index (χ4v) is 1.91. The first-order chi connectivity index (χ1) is 6.27. The van der Waals surface area contributed by atoms with E-state index in [2.05, 4.69) is 55.2 Å². The Morgan fingerprint density at radius 3 is 2.46 bits per heavy atom. The Morgan fingerprint density at radius 1 is 1.23 bits per heavy atom. The van der Waals surface area contributed by atoms with Gasteiger partial charge >= 0.3 is 0 Å². The fraction of sp³-hybridized carbons (Fsp3) is 0.333. The van der Waals surface area contributed by atoms with Crippen molar-refractivity contribution in [2.45, 2.75) is 19.9 Å². The Morgan fingerprint density at radius 2 is 1.92 bits per heavy atom. The normalized spacial score (nSPS) is 21.8. The van der Waals surface area contributed by atoms with E-state index in [-0.39, 0.29) is 0 Å². The molecule has 13 heavy (non-hydrogen) atoms. The monoisotopic (exact) mass is 173 g/mol. The van der Waals surface area contributed by atoms with E-state index in [1.54, 1.807) is 0 Å². The molecule has 1 aliphatic heterocycles. The van der Waals surface area contributed by atoms with Crippen LogP contribution in [0.2, 0.25) is 0 Å². The summed E-state index contributed by atoms with van der Waals surface area (Å²) in [4.78, 5) is 2.41. The van der Waals surface area contributed by atoms with E-state index in [1.807, 2.05) is 0 Å². The number of anilines is 1.